The average Bonchev–Trinajstić information content (AvgIpc) is 2.72. The van der Waals surface area contributed by atoms with Crippen molar-refractivity contribution >= 4 is 39.3 Å². The molecule has 0 unspecified atom stereocenters. The number of hydrogen-bond donors (Lipinski definition) is 2. The fourth-order valence-electron chi connectivity index (χ4n) is 3.16. The van der Waals surface area contributed by atoms with Gasteiger partial charge in [0.05, 0.1) is 6.54 Å². The molecule has 3 amide bonds. The molecule has 0 atom stereocenters. The van der Waals surface area contributed by atoms with Crippen molar-refractivity contribution in [2.45, 2.75) is 12.8 Å². The van der Waals surface area contributed by atoms with E-state index in [2.05, 4.69) is 26.6 Å². The van der Waals surface area contributed by atoms with Crippen LogP contribution in [0.4, 0.5) is 5.69 Å². The standard InChI is InChI=1S/C21H22BrN3O3/c22-17-6-4-5-16(13-17)20(27)23-14-19(26)25-11-9-15(10-12-25)21(28)24-18-7-2-1-3-8-18/h1-8,13,15H,9-12,14H2,(H,23,27)(H,24,28). The summed E-state index contributed by atoms with van der Waals surface area (Å²) < 4.78 is 0.808. The highest BCUT2D eigenvalue weighted by Gasteiger charge is 2.27. The van der Waals surface area contributed by atoms with Crippen LogP contribution in [-0.2, 0) is 9.59 Å². The van der Waals surface area contributed by atoms with Crippen LogP contribution in [0.3, 0.4) is 0 Å². The maximum absolute atomic E-state index is 12.4. The van der Waals surface area contributed by atoms with Crippen molar-refractivity contribution in [3.63, 3.8) is 0 Å². The zero-order valence-corrected chi connectivity index (χ0v) is 16.9. The maximum Gasteiger partial charge on any atom is 0.251 e. The Hall–Kier alpha value is -2.67. The first-order valence-electron chi connectivity index (χ1n) is 9.20. The highest BCUT2D eigenvalue weighted by atomic mass is 79.9. The second-order valence-corrected chi connectivity index (χ2v) is 7.62. The Balaban J connectivity index is 1.43. The molecule has 2 N–H and O–H groups in total. The molecule has 1 fully saturated rings. The van der Waals surface area contributed by atoms with Crippen LogP contribution in [0.1, 0.15) is 23.2 Å². The predicted octanol–water partition coefficient (Wildman–Crippen LogP) is 3.06. The zero-order chi connectivity index (χ0) is 19.9. The summed E-state index contributed by atoms with van der Waals surface area (Å²) >= 11 is 3.32. The summed E-state index contributed by atoms with van der Waals surface area (Å²) in [4.78, 5) is 38.6. The SMILES string of the molecule is O=C(NCC(=O)N1CCC(C(=O)Nc2ccccc2)CC1)c1cccc(Br)c1. The molecule has 7 heteroatoms. The molecule has 0 saturated carbocycles. The molecule has 1 heterocycles. The Labute approximate surface area is 172 Å². The lowest BCUT2D eigenvalue weighted by atomic mass is 9.95. The Morgan fingerprint density at radius 3 is 2.39 bits per heavy atom. The van der Waals surface area contributed by atoms with Gasteiger partial charge in [-0.2, -0.15) is 0 Å². The van der Waals surface area contributed by atoms with E-state index >= 15 is 0 Å². The number of anilines is 1. The van der Waals surface area contributed by atoms with Gasteiger partial charge in [-0.15, -0.1) is 0 Å². The van der Waals surface area contributed by atoms with Crippen molar-refractivity contribution in [3.05, 3.63) is 64.6 Å². The predicted molar refractivity (Wildman–Crippen MR) is 111 cm³/mol. The van der Waals surface area contributed by atoms with Crippen LogP contribution < -0.4 is 10.6 Å². The van der Waals surface area contributed by atoms with Crippen LogP contribution in [0.2, 0.25) is 0 Å². The van der Waals surface area contributed by atoms with E-state index in [9.17, 15) is 14.4 Å². The lowest BCUT2D eigenvalue weighted by Gasteiger charge is -2.31. The largest absolute Gasteiger partial charge is 0.343 e. The summed E-state index contributed by atoms with van der Waals surface area (Å²) in [6.07, 6.45) is 1.23. The van der Waals surface area contributed by atoms with E-state index in [-0.39, 0.29) is 30.2 Å². The van der Waals surface area contributed by atoms with Crippen molar-refractivity contribution in [2.75, 3.05) is 25.0 Å². The van der Waals surface area contributed by atoms with Gasteiger partial charge in [-0.3, -0.25) is 14.4 Å². The first kappa shape index (κ1) is 20.1. The van der Waals surface area contributed by atoms with Gasteiger partial charge in [0, 0.05) is 34.7 Å². The Bertz CT molecular complexity index is 849. The second-order valence-electron chi connectivity index (χ2n) is 6.70. The number of amides is 3. The normalized spacial score (nSPS) is 14.4. The minimum atomic E-state index is -0.285. The maximum atomic E-state index is 12.4. The van der Waals surface area contributed by atoms with Gasteiger partial charge in [-0.25, -0.2) is 0 Å². The van der Waals surface area contributed by atoms with E-state index in [1.807, 2.05) is 36.4 Å². The van der Waals surface area contributed by atoms with Crippen LogP contribution in [0.15, 0.2) is 59.1 Å². The smallest absolute Gasteiger partial charge is 0.251 e. The summed E-state index contributed by atoms with van der Waals surface area (Å²) in [6, 6.07) is 16.4. The molecule has 146 valence electrons. The number of benzene rings is 2. The van der Waals surface area contributed by atoms with Crippen LogP contribution in [0.5, 0.6) is 0 Å². The van der Waals surface area contributed by atoms with Gasteiger partial charge in [0.1, 0.15) is 0 Å². The number of hydrogen-bond acceptors (Lipinski definition) is 3. The molecule has 0 bridgehead atoms. The molecule has 6 nitrogen and oxygen atoms in total. The van der Waals surface area contributed by atoms with Crippen molar-refractivity contribution in [2.24, 2.45) is 5.92 Å². The number of para-hydroxylation sites is 1. The summed E-state index contributed by atoms with van der Waals surface area (Å²) in [5.41, 5.74) is 1.28. The number of nitrogens with zero attached hydrogens (tertiary/aromatic N) is 1. The van der Waals surface area contributed by atoms with Gasteiger partial charge < -0.3 is 15.5 Å². The molecule has 2 aromatic carbocycles. The number of halogens is 1. The first-order valence-corrected chi connectivity index (χ1v) is 9.99. The topological polar surface area (TPSA) is 78.5 Å². The molecule has 2 aromatic rings. The van der Waals surface area contributed by atoms with E-state index in [4.69, 9.17) is 0 Å². The highest BCUT2D eigenvalue weighted by Crippen LogP contribution is 2.19. The molecule has 28 heavy (non-hydrogen) atoms. The second kappa shape index (κ2) is 9.50. The van der Waals surface area contributed by atoms with E-state index in [0.29, 0.717) is 31.5 Å². The highest BCUT2D eigenvalue weighted by molar-refractivity contribution is 9.10. The third-order valence-corrected chi connectivity index (χ3v) is 5.24. The molecule has 1 aliphatic heterocycles. The molecular weight excluding hydrogens is 422 g/mol. The first-order chi connectivity index (χ1) is 13.5. The summed E-state index contributed by atoms with van der Waals surface area (Å²) in [6.45, 7) is 0.975. The number of piperidine rings is 1. The fourth-order valence-corrected chi connectivity index (χ4v) is 3.56. The Morgan fingerprint density at radius 2 is 1.71 bits per heavy atom. The fraction of sp³-hybridized carbons (Fsp3) is 0.286. The number of rotatable bonds is 5. The van der Waals surface area contributed by atoms with Crippen LogP contribution >= 0.6 is 15.9 Å². The molecule has 1 saturated heterocycles. The van der Waals surface area contributed by atoms with Gasteiger partial charge in [-0.1, -0.05) is 40.2 Å². The quantitative estimate of drug-likeness (QED) is 0.744. The van der Waals surface area contributed by atoms with Gasteiger partial charge in [-0.05, 0) is 43.2 Å². The molecule has 0 aromatic heterocycles. The third-order valence-electron chi connectivity index (χ3n) is 4.75. The van der Waals surface area contributed by atoms with E-state index in [0.717, 1.165) is 10.2 Å². The number of likely N-dealkylation sites (tertiary alicyclic amines) is 1. The van der Waals surface area contributed by atoms with Crippen molar-refractivity contribution in [3.8, 4) is 0 Å². The van der Waals surface area contributed by atoms with Crippen molar-refractivity contribution < 1.29 is 14.4 Å². The Morgan fingerprint density at radius 1 is 1.00 bits per heavy atom. The van der Waals surface area contributed by atoms with Gasteiger partial charge >= 0.3 is 0 Å². The van der Waals surface area contributed by atoms with E-state index < -0.39 is 0 Å². The summed E-state index contributed by atoms with van der Waals surface area (Å²) in [5, 5.41) is 5.57. The lowest BCUT2D eigenvalue weighted by molar-refractivity contribution is -0.133. The summed E-state index contributed by atoms with van der Waals surface area (Å²) in [7, 11) is 0. The van der Waals surface area contributed by atoms with Crippen molar-refractivity contribution in [1.82, 2.24) is 10.2 Å². The average molecular weight is 444 g/mol. The minimum absolute atomic E-state index is 0.0127. The molecule has 1 aliphatic rings. The molecule has 0 aliphatic carbocycles. The van der Waals surface area contributed by atoms with E-state index in [1.165, 1.54) is 0 Å². The Kier molecular flexibility index (Phi) is 6.81. The minimum Gasteiger partial charge on any atom is -0.343 e. The van der Waals surface area contributed by atoms with E-state index in [1.54, 1.807) is 23.1 Å². The molecule has 0 spiro atoms. The number of carbonyl (C=O) groups is 3. The zero-order valence-electron chi connectivity index (χ0n) is 15.4. The monoisotopic (exact) mass is 443 g/mol. The van der Waals surface area contributed by atoms with Gasteiger partial charge in [0.15, 0.2) is 0 Å². The molecule has 0 radical (unpaired) electrons. The van der Waals surface area contributed by atoms with Gasteiger partial charge in [0.25, 0.3) is 5.91 Å². The van der Waals surface area contributed by atoms with Crippen LogP contribution in [0.25, 0.3) is 0 Å². The van der Waals surface area contributed by atoms with Crippen LogP contribution in [0, 0.1) is 5.92 Å². The molecule has 3 rings (SSSR count). The molecular formula is C21H22BrN3O3. The summed E-state index contributed by atoms with van der Waals surface area (Å²) in [5.74, 6) is -0.543. The van der Waals surface area contributed by atoms with Gasteiger partial charge in [0.2, 0.25) is 11.8 Å². The number of carbonyl (C=O) groups excluding carboxylic acids is 3. The van der Waals surface area contributed by atoms with Crippen LogP contribution in [-0.4, -0.2) is 42.3 Å². The third kappa shape index (κ3) is 5.42. The van der Waals surface area contributed by atoms with Crippen molar-refractivity contribution in [1.29, 1.82) is 0 Å². The lowest BCUT2D eigenvalue weighted by Crippen LogP contribution is -2.45. The number of nitrogens with one attached hydrogen (secondary N) is 2.